The summed E-state index contributed by atoms with van der Waals surface area (Å²) >= 11 is 5.64. The lowest BCUT2D eigenvalue weighted by Crippen LogP contribution is -2.18. The largest absolute Gasteiger partial charge is 0.573 e. The first-order chi connectivity index (χ1) is 9.85. The molecule has 0 saturated carbocycles. The Hall–Kier alpha value is -1.95. The quantitative estimate of drug-likeness (QED) is 0.802. The van der Waals surface area contributed by atoms with Crippen LogP contribution in [0.4, 0.5) is 23.2 Å². The molecule has 1 N–H and O–H groups in total. The first kappa shape index (κ1) is 15.4. The summed E-state index contributed by atoms with van der Waals surface area (Å²) in [6, 6.07) is 9.74. The lowest BCUT2D eigenvalue weighted by Gasteiger charge is -2.14. The highest BCUT2D eigenvalue weighted by molar-refractivity contribution is 6.30. The van der Waals surface area contributed by atoms with Gasteiger partial charge in [0, 0.05) is 6.54 Å². The van der Waals surface area contributed by atoms with Gasteiger partial charge in [-0.05, 0) is 29.8 Å². The highest BCUT2D eigenvalue weighted by atomic mass is 35.5. The molecule has 112 valence electrons. The first-order valence-corrected chi connectivity index (χ1v) is 6.25. The second-order valence-electron chi connectivity index (χ2n) is 4.15. The zero-order valence-corrected chi connectivity index (χ0v) is 11.3. The Morgan fingerprint density at radius 2 is 1.81 bits per heavy atom. The van der Waals surface area contributed by atoms with E-state index in [9.17, 15) is 17.6 Å². The topological polar surface area (TPSA) is 21.3 Å². The van der Waals surface area contributed by atoms with Gasteiger partial charge in [-0.2, -0.15) is 0 Å². The van der Waals surface area contributed by atoms with Gasteiger partial charge in [-0.15, -0.1) is 13.2 Å². The SMILES string of the molecule is Fc1ccc(CNc2ccccc2OC(F)(F)F)cc1Cl. The third-order valence-electron chi connectivity index (χ3n) is 2.58. The van der Waals surface area contributed by atoms with Crippen molar-refractivity contribution >= 4 is 17.3 Å². The molecule has 0 aromatic heterocycles. The lowest BCUT2D eigenvalue weighted by molar-refractivity contribution is -0.274. The van der Waals surface area contributed by atoms with Crippen LogP contribution in [0.25, 0.3) is 0 Å². The molecule has 21 heavy (non-hydrogen) atoms. The van der Waals surface area contributed by atoms with Gasteiger partial charge < -0.3 is 10.1 Å². The number of rotatable bonds is 4. The van der Waals surface area contributed by atoms with Crippen LogP contribution in [-0.2, 0) is 6.54 Å². The molecule has 0 heterocycles. The molecule has 0 aliphatic carbocycles. The highest BCUT2D eigenvalue weighted by Crippen LogP contribution is 2.30. The second kappa shape index (κ2) is 6.22. The summed E-state index contributed by atoms with van der Waals surface area (Å²) in [6.07, 6.45) is -4.77. The van der Waals surface area contributed by atoms with Gasteiger partial charge in [0.25, 0.3) is 0 Å². The predicted octanol–water partition coefficient (Wildman–Crippen LogP) is 4.99. The molecule has 2 nitrogen and oxygen atoms in total. The van der Waals surface area contributed by atoms with Crippen molar-refractivity contribution in [1.29, 1.82) is 0 Å². The molecule has 0 atom stereocenters. The molecule has 0 amide bonds. The van der Waals surface area contributed by atoms with Crippen molar-refractivity contribution in [1.82, 2.24) is 0 Å². The van der Waals surface area contributed by atoms with Gasteiger partial charge in [-0.3, -0.25) is 0 Å². The minimum absolute atomic E-state index is 0.0471. The molecular weight excluding hydrogens is 310 g/mol. The third kappa shape index (κ3) is 4.53. The van der Waals surface area contributed by atoms with Crippen LogP contribution in [0.1, 0.15) is 5.56 Å². The number of alkyl halides is 3. The normalized spacial score (nSPS) is 11.3. The summed E-state index contributed by atoms with van der Waals surface area (Å²) < 4.78 is 53.7. The van der Waals surface area contributed by atoms with E-state index in [0.717, 1.165) is 0 Å². The number of hydrogen-bond acceptors (Lipinski definition) is 2. The van der Waals surface area contributed by atoms with E-state index in [4.69, 9.17) is 11.6 Å². The van der Waals surface area contributed by atoms with Crippen LogP contribution in [0.5, 0.6) is 5.75 Å². The standard InChI is InChI=1S/C14H10ClF4NO/c15-10-7-9(5-6-11(10)16)8-20-12-3-1-2-4-13(12)21-14(17,18)19/h1-7,20H,8H2. The van der Waals surface area contributed by atoms with E-state index in [1.807, 2.05) is 0 Å². The predicted molar refractivity (Wildman–Crippen MR) is 71.9 cm³/mol. The molecule has 0 spiro atoms. The molecule has 0 saturated heterocycles. The van der Waals surface area contributed by atoms with Crippen molar-refractivity contribution in [2.75, 3.05) is 5.32 Å². The molecule has 0 bridgehead atoms. The molecule has 2 aromatic carbocycles. The van der Waals surface area contributed by atoms with Crippen molar-refractivity contribution in [3.8, 4) is 5.75 Å². The van der Waals surface area contributed by atoms with Gasteiger partial charge in [0.05, 0.1) is 10.7 Å². The molecular formula is C14H10ClF4NO. The van der Waals surface area contributed by atoms with Gasteiger partial charge in [0.15, 0.2) is 5.75 Å². The maximum Gasteiger partial charge on any atom is 0.573 e. The van der Waals surface area contributed by atoms with E-state index >= 15 is 0 Å². The number of halogens is 5. The number of ether oxygens (including phenoxy) is 1. The molecule has 0 unspecified atom stereocenters. The van der Waals surface area contributed by atoms with Gasteiger partial charge in [0.2, 0.25) is 0 Å². The summed E-state index contributed by atoms with van der Waals surface area (Å²) in [5.74, 6) is -0.889. The second-order valence-corrected chi connectivity index (χ2v) is 4.55. The van der Waals surface area contributed by atoms with E-state index in [1.54, 1.807) is 6.07 Å². The number of anilines is 1. The fraction of sp³-hybridized carbons (Fsp3) is 0.143. The zero-order valence-electron chi connectivity index (χ0n) is 10.5. The van der Waals surface area contributed by atoms with Gasteiger partial charge in [0.1, 0.15) is 5.82 Å². The van der Waals surface area contributed by atoms with Crippen molar-refractivity contribution in [3.63, 3.8) is 0 Å². The average molecular weight is 320 g/mol. The summed E-state index contributed by atoms with van der Waals surface area (Å²) in [5.41, 5.74) is 0.804. The Bertz CT molecular complexity index is 631. The summed E-state index contributed by atoms with van der Waals surface area (Å²) in [5, 5.41) is 2.75. The van der Waals surface area contributed by atoms with Gasteiger partial charge >= 0.3 is 6.36 Å². The smallest absolute Gasteiger partial charge is 0.404 e. The van der Waals surface area contributed by atoms with E-state index in [1.165, 1.54) is 36.4 Å². The Morgan fingerprint density at radius 3 is 2.48 bits per heavy atom. The van der Waals surface area contributed by atoms with Crippen molar-refractivity contribution in [2.45, 2.75) is 12.9 Å². The maximum absolute atomic E-state index is 13.0. The van der Waals surface area contributed by atoms with Gasteiger partial charge in [-0.25, -0.2) is 4.39 Å². The minimum atomic E-state index is -4.77. The Kier molecular flexibility index (Phi) is 4.57. The summed E-state index contributed by atoms with van der Waals surface area (Å²) in [7, 11) is 0. The van der Waals surface area contributed by atoms with Gasteiger partial charge in [-0.1, -0.05) is 29.8 Å². The zero-order chi connectivity index (χ0) is 15.5. The molecule has 0 aliphatic heterocycles. The van der Waals surface area contributed by atoms with E-state index in [2.05, 4.69) is 10.1 Å². The minimum Gasteiger partial charge on any atom is -0.404 e. The Morgan fingerprint density at radius 1 is 1.10 bits per heavy atom. The number of nitrogens with one attached hydrogen (secondary N) is 1. The van der Waals surface area contributed by atoms with E-state index in [0.29, 0.717) is 5.56 Å². The molecule has 2 aromatic rings. The first-order valence-electron chi connectivity index (χ1n) is 5.88. The Labute approximate surface area is 123 Å². The van der Waals surface area contributed by atoms with Crippen LogP contribution < -0.4 is 10.1 Å². The van der Waals surface area contributed by atoms with Crippen LogP contribution in [0.15, 0.2) is 42.5 Å². The fourth-order valence-electron chi connectivity index (χ4n) is 1.67. The van der Waals surface area contributed by atoms with Crippen LogP contribution >= 0.6 is 11.6 Å². The number of hydrogen-bond donors (Lipinski definition) is 1. The summed E-state index contributed by atoms with van der Waals surface area (Å²) in [6.45, 7) is 0.179. The van der Waals surface area contributed by atoms with Crippen LogP contribution in [0, 0.1) is 5.82 Å². The summed E-state index contributed by atoms with van der Waals surface area (Å²) in [4.78, 5) is 0. The van der Waals surface area contributed by atoms with E-state index < -0.39 is 12.2 Å². The van der Waals surface area contributed by atoms with Crippen molar-refractivity contribution < 1.29 is 22.3 Å². The lowest BCUT2D eigenvalue weighted by atomic mass is 10.2. The monoisotopic (exact) mass is 319 g/mol. The molecule has 2 rings (SSSR count). The highest BCUT2D eigenvalue weighted by Gasteiger charge is 2.32. The maximum atomic E-state index is 13.0. The van der Waals surface area contributed by atoms with Crippen molar-refractivity contribution in [2.24, 2.45) is 0 Å². The molecule has 0 aliphatic rings. The Balaban J connectivity index is 2.11. The van der Waals surface area contributed by atoms with E-state index in [-0.39, 0.29) is 23.0 Å². The van der Waals surface area contributed by atoms with Crippen LogP contribution in [-0.4, -0.2) is 6.36 Å². The molecule has 0 radical (unpaired) electrons. The fourth-order valence-corrected chi connectivity index (χ4v) is 1.88. The number of para-hydroxylation sites is 2. The average Bonchev–Trinajstić information content (AvgIpc) is 2.40. The van der Waals surface area contributed by atoms with Crippen molar-refractivity contribution in [3.05, 3.63) is 58.9 Å². The van der Waals surface area contributed by atoms with Crippen LogP contribution in [0.2, 0.25) is 5.02 Å². The molecule has 7 heteroatoms. The number of benzene rings is 2. The van der Waals surface area contributed by atoms with Crippen LogP contribution in [0.3, 0.4) is 0 Å². The molecule has 0 fully saturated rings. The third-order valence-corrected chi connectivity index (χ3v) is 2.87.